The Bertz CT molecular complexity index is 625. The van der Waals surface area contributed by atoms with Gasteiger partial charge in [0, 0.05) is 12.1 Å². The second-order valence-corrected chi connectivity index (χ2v) is 4.21. The fourth-order valence-corrected chi connectivity index (χ4v) is 2.00. The molecule has 0 amide bonds. The van der Waals surface area contributed by atoms with Gasteiger partial charge in [-0.3, -0.25) is 10.1 Å². The molecule has 2 aromatic rings. The molecule has 0 radical (unpaired) electrons. The first-order valence-corrected chi connectivity index (χ1v) is 5.69. The molecule has 1 aromatic carbocycles. The van der Waals surface area contributed by atoms with E-state index in [1.165, 1.54) is 12.1 Å². The van der Waals surface area contributed by atoms with Crippen molar-refractivity contribution in [3.63, 3.8) is 0 Å². The van der Waals surface area contributed by atoms with Gasteiger partial charge in [-0.1, -0.05) is 12.2 Å². The Morgan fingerprint density at radius 3 is 2.89 bits per heavy atom. The quantitative estimate of drug-likeness (QED) is 0.510. The van der Waals surface area contributed by atoms with Gasteiger partial charge in [0.15, 0.2) is 5.58 Å². The Kier molecular flexibility index (Phi) is 2.47. The lowest BCUT2D eigenvalue weighted by atomic mass is 10.2. The molecule has 0 spiro atoms. The summed E-state index contributed by atoms with van der Waals surface area (Å²) >= 11 is 0. The summed E-state index contributed by atoms with van der Waals surface area (Å²) in [5.41, 5.74) is 1.06. The van der Waals surface area contributed by atoms with Gasteiger partial charge in [0.25, 0.3) is 11.7 Å². The number of hydrogen-bond acceptors (Lipinski definition) is 5. The van der Waals surface area contributed by atoms with Crippen molar-refractivity contribution in [1.82, 2.24) is 4.98 Å². The molecule has 0 aliphatic heterocycles. The average molecular weight is 245 g/mol. The molecule has 0 saturated carbocycles. The third-order valence-corrected chi connectivity index (χ3v) is 2.92. The zero-order chi connectivity index (χ0) is 12.5. The van der Waals surface area contributed by atoms with Crippen molar-refractivity contribution in [2.75, 3.05) is 5.32 Å². The van der Waals surface area contributed by atoms with E-state index in [0.717, 1.165) is 12.8 Å². The Labute approximate surface area is 102 Å². The molecule has 1 aliphatic rings. The van der Waals surface area contributed by atoms with Crippen LogP contribution >= 0.6 is 0 Å². The maximum absolute atomic E-state index is 10.6. The first kappa shape index (κ1) is 10.8. The van der Waals surface area contributed by atoms with Gasteiger partial charge in [-0.05, 0) is 18.9 Å². The molecule has 1 aromatic heterocycles. The van der Waals surface area contributed by atoms with Crippen LogP contribution in [0.2, 0.25) is 0 Å². The van der Waals surface area contributed by atoms with E-state index in [9.17, 15) is 10.1 Å². The van der Waals surface area contributed by atoms with E-state index >= 15 is 0 Å². The van der Waals surface area contributed by atoms with Gasteiger partial charge >= 0.3 is 0 Å². The molecule has 0 bridgehead atoms. The lowest BCUT2D eigenvalue weighted by Gasteiger charge is -2.08. The van der Waals surface area contributed by atoms with E-state index < -0.39 is 4.92 Å². The fraction of sp³-hybridized carbons (Fsp3) is 0.250. The van der Waals surface area contributed by atoms with Gasteiger partial charge < -0.3 is 9.73 Å². The van der Waals surface area contributed by atoms with Crippen LogP contribution in [0.4, 0.5) is 11.7 Å². The summed E-state index contributed by atoms with van der Waals surface area (Å²) in [7, 11) is 0. The fourth-order valence-electron chi connectivity index (χ4n) is 2.00. The highest BCUT2D eigenvalue weighted by Crippen LogP contribution is 2.25. The molecular formula is C12H11N3O3. The molecule has 0 fully saturated rings. The summed E-state index contributed by atoms with van der Waals surface area (Å²) in [5.74, 6) is 0. The normalized spacial score (nSPS) is 15.3. The summed E-state index contributed by atoms with van der Waals surface area (Å²) in [6.45, 7) is 0. The number of nitrogens with one attached hydrogen (secondary N) is 1. The number of hydrogen-bond donors (Lipinski definition) is 1. The van der Waals surface area contributed by atoms with Gasteiger partial charge in [-0.2, -0.15) is 4.98 Å². The van der Waals surface area contributed by atoms with Gasteiger partial charge in [0.1, 0.15) is 5.52 Å². The van der Waals surface area contributed by atoms with E-state index in [1.54, 1.807) is 6.07 Å². The number of fused-ring (bicyclic) bond motifs is 1. The average Bonchev–Trinajstić information content (AvgIpc) is 2.96. The van der Waals surface area contributed by atoms with Crippen LogP contribution in [-0.2, 0) is 0 Å². The van der Waals surface area contributed by atoms with Crippen molar-refractivity contribution < 1.29 is 9.34 Å². The molecule has 0 saturated heterocycles. The molecule has 3 rings (SSSR count). The predicted octanol–water partition coefficient (Wildman–Crippen LogP) is 2.87. The van der Waals surface area contributed by atoms with Gasteiger partial charge in [-0.25, -0.2) is 0 Å². The van der Waals surface area contributed by atoms with Crippen LogP contribution in [0.3, 0.4) is 0 Å². The Morgan fingerprint density at radius 1 is 1.39 bits per heavy atom. The molecule has 1 aliphatic carbocycles. The highest BCUT2D eigenvalue weighted by Gasteiger charge is 2.15. The van der Waals surface area contributed by atoms with Crippen molar-refractivity contribution in [2.24, 2.45) is 0 Å². The number of anilines is 1. The number of nitro groups is 1. The van der Waals surface area contributed by atoms with Crippen LogP contribution in [0.1, 0.15) is 12.8 Å². The van der Waals surface area contributed by atoms with Crippen LogP contribution in [-0.4, -0.2) is 15.9 Å². The van der Waals surface area contributed by atoms with Crippen molar-refractivity contribution in [3.05, 3.63) is 40.5 Å². The Hall–Kier alpha value is -2.37. The topological polar surface area (TPSA) is 81.2 Å². The SMILES string of the molecule is O=[N+]([O-])c1ccc2nc(NC3CC=CC3)oc2c1. The van der Waals surface area contributed by atoms with Crippen LogP contribution in [0.5, 0.6) is 0 Å². The zero-order valence-corrected chi connectivity index (χ0v) is 9.50. The third-order valence-electron chi connectivity index (χ3n) is 2.92. The molecule has 6 nitrogen and oxygen atoms in total. The molecule has 1 heterocycles. The molecular weight excluding hydrogens is 234 g/mol. The van der Waals surface area contributed by atoms with E-state index in [0.29, 0.717) is 23.2 Å². The van der Waals surface area contributed by atoms with Crippen LogP contribution < -0.4 is 5.32 Å². The molecule has 0 atom stereocenters. The molecule has 1 N–H and O–H groups in total. The molecule has 92 valence electrons. The van der Waals surface area contributed by atoms with Crippen molar-refractivity contribution in [3.8, 4) is 0 Å². The number of oxazole rings is 1. The highest BCUT2D eigenvalue weighted by atomic mass is 16.6. The van der Waals surface area contributed by atoms with Crippen molar-refractivity contribution in [2.45, 2.75) is 18.9 Å². The van der Waals surface area contributed by atoms with Crippen LogP contribution in [0.25, 0.3) is 11.1 Å². The monoisotopic (exact) mass is 245 g/mol. The minimum atomic E-state index is -0.448. The number of rotatable bonds is 3. The largest absolute Gasteiger partial charge is 0.423 e. The summed E-state index contributed by atoms with van der Waals surface area (Å²) in [6.07, 6.45) is 6.09. The molecule has 6 heteroatoms. The lowest BCUT2D eigenvalue weighted by molar-refractivity contribution is -0.384. The number of aromatic nitrogens is 1. The minimum Gasteiger partial charge on any atom is -0.423 e. The first-order chi connectivity index (χ1) is 8.72. The highest BCUT2D eigenvalue weighted by molar-refractivity contribution is 5.77. The molecule has 18 heavy (non-hydrogen) atoms. The number of nitrogens with zero attached hydrogens (tertiary/aromatic N) is 2. The molecule has 0 unspecified atom stereocenters. The van der Waals surface area contributed by atoms with E-state index in [2.05, 4.69) is 22.5 Å². The Morgan fingerprint density at radius 2 is 2.17 bits per heavy atom. The van der Waals surface area contributed by atoms with Gasteiger partial charge in [0.2, 0.25) is 0 Å². The summed E-state index contributed by atoms with van der Waals surface area (Å²) in [4.78, 5) is 14.4. The second-order valence-electron chi connectivity index (χ2n) is 4.21. The number of non-ortho nitro benzene ring substituents is 1. The third kappa shape index (κ3) is 1.92. The zero-order valence-electron chi connectivity index (χ0n) is 9.50. The van der Waals surface area contributed by atoms with E-state index in [4.69, 9.17) is 4.42 Å². The van der Waals surface area contributed by atoms with Gasteiger partial charge in [-0.15, -0.1) is 0 Å². The van der Waals surface area contributed by atoms with Crippen molar-refractivity contribution in [1.29, 1.82) is 0 Å². The predicted molar refractivity (Wildman–Crippen MR) is 66.4 cm³/mol. The summed E-state index contributed by atoms with van der Waals surface area (Å²) < 4.78 is 5.47. The summed E-state index contributed by atoms with van der Waals surface area (Å²) in [5, 5.41) is 13.8. The van der Waals surface area contributed by atoms with Crippen molar-refractivity contribution >= 4 is 22.8 Å². The maximum atomic E-state index is 10.6. The summed E-state index contributed by atoms with van der Waals surface area (Å²) in [6, 6.07) is 5.12. The lowest BCUT2D eigenvalue weighted by Crippen LogP contribution is -2.14. The Balaban J connectivity index is 1.88. The van der Waals surface area contributed by atoms with Gasteiger partial charge in [0.05, 0.1) is 11.0 Å². The van der Waals surface area contributed by atoms with Crippen LogP contribution in [0.15, 0.2) is 34.8 Å². The smallest absolute Gasteiger partial charge is 0.295 e. The second kappa shape index (κ2) is 4.14. The number of nitro benzene ring substituents is 1. The first-order valence-electron chi connectivity index (χ1n) is 5.69. The maximum Gasteiger partial charge on any atom is 0.295 e. The van der Waals surface area contributed by atoms with E-state index in [1.807, 2.05) is 0 Å². The number of benzene rings is 1. The minimum absolute atomic E-state index is 0.00716. The standard InChI is InChI=1S/C12H11N3O3/c16-15(17)9-5-6-10-11(7-9)18-12(14-10)13-8-3-1-2-4-8/h1-2,5-8H,3-4H2,(H,13,14). The van der Waals surface area contributed by atoms with Crippen LogP contribution in [0, 0.1) is 10.1 Å². The van der Waals surface area contributed by atoms with E-state index in [-0.39, 0.29) is 5.69 Å².